The molecule has 1 saturated carbocycles. The van der Waals surface area contributed by atoms with Crippen molar-refractivity contribution in [3.63, 3.8) is 0 Å². The van der Waals surface area contributed by atoms with Crippen molar-refractivity contribution < 1.29 is 0 Å². The van der Waals surface area contributed by atoms with Gasteiger partial charge in [-0.2, -0.15) is 0 Å². The van der Waals surface area contributed by atoms with Gasteiger partial charge in [-0.15, -0.1) is 0 Å². The minimum absolute atomic E-state index is 0.985. The maximum absolute atomic E-state index is 2.54. The van der Waals surface area contributed by atoms with Crippen LogP contribution < -0.4 is 0 Å². The van der Waals surface area contributed by atoms with Crippen LogP contribution in [-0.4, -0.2) is 47.7 Å². The zero-order chi connectivity index (χ0) is 7.68. The van der Waals surface area contributed by atoms with E-state index in [9.17, 15) is 0 Å². The average Bonchev–Trinajstić information content (AvgIpc) is 2.78. The fraction of sp³-hybridized carbons (Fsp3) is 1.00. The number of likely N-dealkylation sites (N-methyl/N-ethyl adjacent to an activating group) is 1. The third-order valence-electron chi connectivity index (χ3n) is 2.28. The first-order chi connectivity index (χ1) is 5.34. The van der Waals surface area contributed by atoms with Gasteiger partial charge in [0.2, 0.25) is 0 Å². The van der Waals surface area contributed by atoms with E-state index in [0.717, 1.165) is 5.25 Å². The van der Waals surface area contributed by atoms with E-state index in [2.05, 4.69) is 28.2 Å². The summed E-state index contributed by atoms with van der Waals surface area (Å²) >= 11 is 2.10. The molecular formula is C8H16N2S. The molecule has 2 rings (SSSR count). The highest BCUT2D eigenvalue weighted by Crippen LogP contribution is 2.36. The predicted molar refractivity (Wildman–Crippen MR) is 49.7 cm³/mol. The lowest BCUT2D eigenvalue weighted by molar-refractivity contribution is 0.233. The molecule has 0 N–H and O–H groups in total. The van der Waals surface area contributed by atoms with Gasteiger partial charge >= 0.3 is 0 Å². The fourth-order valence-corrected chi connectivity index (χ4v) is 2.42. The first kappa shape index (κ1) is 7.90. The van der Waals surface area contributed by atoms with Gasteiger partial charge in [0.1, 0.15) is 0 Å². The van der Waals surface area contributed by atoms with Gasteiger partial charge in [0.25, 0.3) is 0 Å². The molecule has 2 aliphatic rings. The summed E-state index contributed by atoms with van der Waals surface area (Å²) in [6.07, 6.45) is 2.91. The lowest BCUT2D eigenvalue weighted by atomic mass is 10.4. The van der Waals surface area contributed by atoms with Gasteiger partial charge in [0.05, 0.1) is 0 Å². The summed E-state index contributed by atoms with van der Waals surface area (Å²) < 4.78 is 2.54. The van der Waals surface area contributed by atoms with Crippen LogP contribution >= 0.6 is 11.9 Å². The molecule has 0 unspecified atom stereocenters. The second-order valence-corrected chi connectivity index (χ2v) is 4.93. The Hall–Kier alpha value is 0.270. The van der Waals surface area contributed by atoms with Gasteiger partial charge in [-0.05, 0) is 19.9 Å². The second-order valence-electron chi connectivity index (χ2n) is 3.54. The molecule has 2 fully saturated rings. The minimum atomic E-state index is 0.985. The van der Waals surface area contributed by atoms with Crippen LogP contribution in [0.4, 0.5) is 0 Å². The van der Waals surface area contributed by atoms with Gasteiger partial charge < -0.3 is 4.90 Å². The highest BCUT2D eigenvalue weighted by molar-refractivity contribution is 7.97. The topological polar surface area (TPSA) is 6.48 Å². The normalized spacial score (nSPS) is 29.2. The van der Waals surface area contributed by atoms with Crippen molar-refractivity contribution in [3.05, 3.63) is 0 Å². The Morgan fingerprint density at radius 2 is 1.73 bits per heavy atom. The Bertz CT molecular complexity index is 128. The minimum Gasteiger partial charge on any atom is -0.304 e. The molecule has 0 amide bonds. The number of hydrogen-bond donors (Lipinski definition) is 0. The van der Waals surface area contributed by atoms with Crippen molar-refractivity contribution in [2.24, 2.45) is 0 Å². The van der Waals surface area contributed by atoms with Crippen LogP contribution in [0.25, 0.3) is 0 Å². The van der Waals surface area contributed by atoms with Crippen molar-refractivity contribution in [1.29, 1.82) is 0 Å². The number of hydrogen-bond acceptors (Lipinski definition) is 3. The third-order valence-corrected chi connectivity index (χ3v) is 3.72. The van der Waals surface area contributed by atoms with Crippen molar-refractivity contribution in [1.82, 2.24) is 9.21 Å². The molecule has 0 bridgehead atoms. The lowest BCUT2D eigenvalue weighted by Crippen LogP contribution is -2.41. The summed E-state index contributed by atoms with van der Waals surface area (Å²) in [7, 11) is 2.21. The van der Waals surface area contributed by atoms with Crippen molar-refractivity contribution in [3.8, 4) is 0 Å². The molecule has 1 aliphatic carbocycles. The van der Waals surface area contributed by atoms with Crippen LogP contribution in [0.15, 0.2) is 0 Å². The van der Waals surface area contributed by atoms with E-state index in [0.29, 0.717) is 0 Å². The van der Waals surface area contributed by atoms with Gasteiger partial charge in [0, 0.05) is 31.4 Å². The highest BCUT2D eigenvalue weighted by atomic mass is 32.2. The number of rotatable bonds is 2. The van der Waals surface area contributed by atoms with E-state index in [1.165, 1.54) is 39.0 Å². The highest BCUT2D eigenvalue weighted by Gasteiger charge is 2.26. The van der Waals surface area contributed by atoms with Crippen molar-refractivity contribution >= 4 is 11.9 Å². The quantitative estimate of drug-likeness (QED) is 0.575. The van der Waals surface area contributed by atoms with Gasteiger partial charge in [-0.3, -0.25) is 0 Å². The summed E-state index contributed by atoms with van der Waals surface area (Å²) in [6.45, 7) is 5.02. The van der Waals surface area contributed by atoms with E-state index in [1.807, 2.05) is 0 Å². The molecule has 0 atom stereocenters. The van der Waals surface area contributed by atoms with Crippen LogP contribution in [0, 0.1) is 0 Å². The Balaban J connectivity index is 1.69. The van der Waals surface area contributed by atoms with Crippen LogP contribution in [0.5, 0.6) is 0 Å². The zero-order valence-electron chi connectivity index (χ0n) is 7.12. The fourth-order valence-electron chi connectivity index (χ4n) is 1.28. The Kier molecular flexibility index (Phi) is 2.39. The van der Waals surface area contributed by atoms with E-state index < -0.39 is 0 Å². The molecular weight excluding hydrogens is 156 g/mol. The standard InChI is InChI=1S/C8H16N2S/c1-9-4-6-10(7-5-9)11-8-2-3-8/h8H,2-7H2,1H3. The first-order valence-corrected chi connectivity index (χ1v) is 5.28. The molecule has 3 heteroatoms. The third kappa shape index (κ3) is 2.36. The summed E-state index contributed by atoms with van der Waals surface area (Å²) in [6, 6.07) is 0. The molecule has 1 heterocycles. The van der Waals surface area contributed by atoms with Crippen LogP contribution in [0.2, 0.25) is 0 Å². The molecule has 1 saturated heterocycles. The maximum atomic E-state index is 2.54. The Labute approximate surface area is 73.1 Å². The lowest BCUT2D eigenvalue weighted by Gasteiger charge is -2.31. The first-order valence-electron chi connectivity index (χ1n) is 4.45. The average molecular weight is 172 g/mol. The zero-order valence-corrected chi connectivity index (χ0v) is 7.94. The monoisotopic (exact) mass is 172 g/mol. The summed E-state index contributed by atoms with van der Waals surface area (Å²) in [5.41, 5.74) is 0. The van der Waals surface area contributed by atoms with Crippen LogP contribution in [-0.2, 0) is 0 Å². The number of nitrogens with zero attached hydrogens (tertiary/aromatic N) is 2. The molecule has 11 heavy (non-hydrogen) atoms. The predicted octanol–water partition coefficient (Wildman–Crippen LogP) is 1.04. The summed E-state index contributed by atoms with van der Waals surface area (Å²) in [4.78, 5) is 2.41. The van der Waals surface area contributed by atoms with E-state index >= 15 is 0 Å². The number of piperazine rings is 1. The molecule has 0 aromatic carbocycles. The molecule has 0 aromatic heterocycles. The van der Waals surface area contributed by atoms with Gasteiger partial charge in [-0.25, -0.2) is 4.31 Å². The SMILES string of the molecule is CN1CCN(SC2CC2)CC1. The molecule has 1 aliphatic heterocycles. The van der Waals surface area contributed by atoms with Crippen molar-refractivity contribution in [2.45, 2.75) is 18.1 Å². The molecule has 64 valence electrons. The largest absolute Gasteiger partial charge is 0.304 e. The molecule has 0 spiro atoms. The van der Waals surface area contributed by atoms with Crippen molar-refractivity contribution in [2.75, 3.05) is 33.2 Å². The van der Waals surface area contributed by atoms with Crippen LogP contribution in [0.1, 0.15) is 12.8 Å². The summed E-state index contributed by atoms with van der Waals surface area (Å²) in [5.74, 6) is 0. The summed E-state index contributed by atoms with van der Waals surface area (Å²) in [5, 5.41) is 0.985. The Morgan fingerprint density at radius 1 is 1.09 bits per heavy atom. The van der Waals surface area contributed by atoms with Crippen LogP contribution in [0.3, 0.4) is 0 Å². The van der Waals surface area contributed by atoms with E-state index in [4.69, 9.17) is 0 Å². The Morgan fingerprint density at radius 3 is 2.27 bits per heavy atom. The molecule has 0 aromatic rings. The van der Waals surface area contributed by atoms with E-state index in [-0.39, 0.29) is 0 Å². The van der Waals surface area contributed by atoms with Gasteiger partial charge in [-0.1, -0.05) is 11.9 Å². The molecule has 0 radical (unpaired) electrons. The molecule has 2 nitrogen and oxygen atoms in total. The second kappa shape index (κ2) is 3.33. The van der Waals surface area contributed by atoms with Gasteiger partial charge in [0.15, 0.2) is 0 Å². The van der Waals surface area contributed by atoms with E-state index in [1.54, 1.807) is 0 Å². The smallest absolute Gasteiger partial charge is 0.0218 e. The maximum Gasteiger partial charge on any atom is 0.0218 e.